The zero-order chi connectivity index (χ0) is 13.1. The Bertz CT molecular complexity index is 565. The largest absolute Gasteiger partial charge is 0.480 e. The lowest BCUT2D eigenvalue weighted by Crippen LogP contribution is -2.10. The Balaban J connectivity index is 2.41. The second-order valence-corrected chi connectivity index (χ2v) is 3.39. The van der Waals surface area contributed by atoms with Crippen molar-refractivity contribution in [3.05, 3.63) is 53.2 Å². The van der Waals surface area contributed by atoms with E-state index in [4.69, 9.17) is 4.74 Å². The van der Waals surface area contributed by atoms with E-state index in [9.17, 15) is 13.6 Å². The zero-order valence-corrected chi connectivity index (χ0v) is 9.35. The van der Waals surface area contributed by atoms with E-state index >= 15 is 0 Å². The molecular weight excluding hydrogens is 242 g/mol. The summed E-state index contributed by atoms with van der Waals surface area (Å²) in [6.45, 7) is 0. The number of rotatable bonds is 3. The number of carbonyl (C=O) groups is 1. The number of hydrogen-bond acceptors (Lipinski definition) is 4. The number of halogens is 2. The average molecular weight is 250 g/mol. The van der Waals surface area contributed by atoms with Gasteiger partial charge in [-0.05, 0) is 18.2 Å². The molecule has 0 radical (unpaired) electrons. The maximum absolute atomic E-state index is 13.4. The van der Waals surface area contributed by atoms with Crippen molar-refractivity contribution in [1.29, 1.82) is 0 Å². The van der Waals surface area contributed by atoms with E-state index in [1.807, 2.05) is 0 Å². The van der Waals surface area contributed by atoms with Crippen molar-refractivity contribution >= 4 is 5.78 Å². The molecule has 0 aliphatic heterocycles. The van der Waals surface area contributed by atoms with Crippen LogP contribution in [0, 0.1) is 11.6 Å². The topological polar surface area (TPSA) is 52.1 Å². The van der Waals surface area contributed by atoms with Crippen LogP contribution in [-0.4, -0.2) is 23.1 Å². The fourth-order valence-corrected chi connectivity index (χ4v) is 1.39. The van der Waals surface area contributed by atoms with Gasteiger partial charge in [-0.25, -0.2) is 8.78 Å². The second kappa shape index (κ2) is 4.87. The summed E-state index contributed by atoms with van der Waals surface area (Å²) in [7, 11) is 1.39. The highest BCUT2D eigenvalue weighted by molar-refractivity contribution is 6.07. The molecule has 0 bridgehead atoms. The van der Waals surface area contributed by atoms with Gasteiger partial charge < -0.3 is 4.74 Å². The van der Waals surface area contributed by atoms with Gasteiger partial charge in [0.1, 0.15) is 17.3 Å². The Morgan fingerprint density at radius 2 is 1.78 bits per heavy atom. The molecule has 6 heteroatoms. The van der Waals surface area contributed by atoms with Crippen molar-refractivity contribution in [1.82, 2.24) is 10.2 Å². The smallest absolute Gasteiger partial charge is 0.233 e. The highest BCUT2D eigenvalue weighted by atomic mass is 19.1. The molecule has 0 saturated heterocycles. The van der Waals surface area contributed by atoms with Gasteiger partial charge in [0.15, 0.2) is 0 Å². The monoisotopic (exact) mass is 250 g/mol. The molecule has 0 fully saturated rings. The van der Waals surface area contributed by atoms with Gasteiger partial charge in [0.2, 0.25) is 11.7 Å². The van der Waals surface area contributed by atoms with Crippen molar-refractivity contribution in [2.45, 2.75) is 0 Å². The van der Waals surface area contributed by atoms with E-state index in [2.05, 4.69) is 10.2 Å². The van der Waals surface area contributed by atoms with Crippen molar-refractivity contribution in [2.24, 2.45) is 0 Å². The maximum Gasteiger partial charge on any atom is 0.233 e. The van der Waals surface area contributed by atoms with Gasteiger partial charge in [-0.3, -0.25) is 4.79 Å². The maximum atomic E-state index is 13.4. The third-order valence-electron chi connectivity index (χ3n) is 2.27. The summed E-state index contributed by atoms with van der Waals surface area (Å²) in [6, 6.07) is 5.88. The lowest BCUT2D eigenvalue weighted by atomic mass is 10.1. The molecule has 0 atom stereocenters. The number of nitrogens with zero attached hydrogens (tertiary/aromatic N) is 2. The predicted molar refractivity (Wildman–Crippen MR) is 58.4 cm³/mol. The number of methoxy groups -OCH3 is 1. The molecule has 2 aromatic rings. The van der Waals surface area contributed by atoms with Gasteiger partial charge in [0, 0.05) is 6.07 Å². The Morgan fingerprint density at radius 1 is 1.11 bits per heavy atom. The number of ether oxygens (including phenoxy) is 1. The van der Waals surface area contributed by atoms with Gasteiger partial charge in [-0.1, -0.05) is 6.07 Å². The molecule has 1 heterocycles. The van der Waals surface area contributed by atoms with Gasteiger partial charge >= 0.3 is 0 Å². The quantitative estimate of drug-likeness (QED) is 0.782. The summed E-state index contributed by atoms with van der Waals surface area (Å²) in [4.78, 5) is 11.9. The lowest BCUT2D eigenvalue weighted by molar-refractivity contribution is 0.102. The van der Waals surface area contributed by atoms with Crippen LogP contribution in [0.4, 0.5) is 8.78 Å². The predicted octanol–water partition coefficient (Wildman–Crippen LogP) is 1.99. The van der Waals surface area contributed by atoms with Crippen LogP contribution in [0.1, 0.15) is 16.1 Å². The van der Waals surface area contributed by atoms with Crippen molar-refractivity contribution in [3.63, 3.8) is 0 Å². The summed E-state index contributed by atoms with van der Waals surface area (Å²) in [5.74, 6) is -2.52. The fraction of sp³-hybridized carbons (Fsp3) is 0.0833. The van der Waals surface area contributed by atoms with Crippen LogP contribution >= 0.6 is 0 Å². The van der Waals surface area contributed by atoms with Crippen LogP contribution in [0.25, 0.3) is 0 Å². The molecule has 0 unspecified atom stereocenters. The molecule has 18 heavy (non-hydrogen) atoms. The fourth-order valence-electron chi connectivity index (χ4n) is 1.39. The summed E-state index contributed by atoms with van der Waals surface area (Å²) in [5, 5.41) is 7.12. The van der Waals surface area contributed by atoms with Gasteiger partial charge in [-0.15, -0.1) is 10.2 Å². The molecule has 0 amide bonds. The van der Waals surface area contributed by atoms with E-state index in [1.165, 1.54) is 25.3 Å². The van der Waals surface area contributed by atoms with Crippen molar-refractivity contribution in [2.75, 3.05) is 7.11 Å². The Labute approximate surface area is 101 Å². The molecular formula is C12H8F2N2O2. The molecule has 92 valence electrons. The standard InChI is InChI=1S/C12H8F2N2O2/c1-18-10-6-5-9(15-16-10)12(17)11-7(13)3-2-4-8(11)14/h2-6H,1H3. The highest BCUT2D eigenvalue weighted by Crippen LogP contribution is 2.16. The molecule has 0 spiro atoms. The molecule has 1 aromatic heterocycles. The molecule has 0 aliphatic rings. The number of aromatic nitrogens is 2. The first-order valence-electron chi connectivity index (χ1n) is 5.00. The van der Waals surface area contributed by atoms with Crippen LogP contribution in [0.5, 0.6) is 5.88 Å². The minimum absolute atomic E-state index is 0.153. The Hall–Kier alpha value is -2.37. The normalized spacial score (nSPS) is 10.2. The summed E-state index contributed by atoms with van der Waals surface area (Å²) < 4.78 is 31.6. The average Bonchev–Trinajstić information content (AvgIpc) is 2.38. The molecule has 0 aliphatic carbocycles. The first kappa shape index (κ1) is 12.1. The third-order valence-corrected chi connectivity index (χ3v) is 2.27. The molecule has 0 N–H and O–H groups in total. The van der Waals surface area contributed by atoms with Crippen molar-refractivity contribution in [3.8, 4) is 5.88 Å². The first-order chi connectivity index (χ1) is 8.63. The minimum atomic E-state index is -0.933. The second-order valence-electron chi connectivity index (χ2n) is 3.39. The highest BCUT2D eigenvalue weighted by Gasteiger charge is 2.20. The summed E-state index contributed by atoms with van der Waals surface area (Å²) in [5.41, 5.74) is -0.795. The SMILES string of the molecule is COc1ccc(C(=O)c2c(F)cccc2F)nn1. The lowest BCUT2D eigenvalue weighted by Gasteiger charge is -2.03. The van der Waals surface area contributed by atoms with E-state index in [0.717, 1.165) is 12.1 Å². The van der Waals surface area contributed by atoms with Crippen LogP contribution in [0.15, 0.2) is 30.3 Å². The number of ketones is 1. The van der Waals surface area contributed by atoms with E-state index in [-0.39, 0.29) is 11.6 Å². The van der Waals surface area contributed by atoms with Crippen molar-refractivity contribution < 1.29 is 18.3 Å². The summed E-state index contributed by atoms with van der Waals surface area (Å²) >= 11 is 0. The minimum Gasteiger partial charge on any atom is -0.480 e. The summed E-state index contributed by atoms with van der Waals surface area (Å²) in [6.07, 6.45) is 0. The molecule has 1 aromatic carbocycles. The number of hydrogen-bond donors (Lipinski definition) is 0. The van der Waals surface area contributed by atoms with Gasteiger partial charge in [0.05, 0.1) is 12.7 Å². The van der Waals surface area contributed by atoms with Crippen LogP contribution < -0.4 is 4.74 Å². The van der Waals surface area contributed by atoms with Crippen LogP contribution in [0.2, 0.25) is 0 Å². The number of carbonyl (C=O) groups excluding carboxylic acids is 1. The van der Waals surface area contributed by atoms with E-state index < -0.39 is 23.0 Å². The van der Waals surface area contributed by atoms with Gasteiger partial charge in [-0.2, -0.15) is 0 Å². The third kappa shape index (κ3) is 2.17. The Morgan fingerprint density at radius 3 is 2.28 bits per heavy atom. The van der Waals surface area contributed by atoms with Gasteiger partial charge in [0.25, 0.3) is 0 Å². The number of benzene rings is 1. The Kier molecular flexibility index (Phi) is 3.27. The van der Waals surface area contributed by atoms with Crippen LogP contribution in [-0.2, 0) is 0 Å². The zero-order valence-electron chi connectivity index (χ0n) is 9.35. The van der Waals surface area contributed by atoms with E-state index in [0.29, 0.717) is 0 Å². The molecule has 0 saturated carbocycles. The molecule has 2 rings (SSSR count). The van der Waals surface area contributed by atoms with Crippen LogP contribution in [0.3, 0.4) is 0 Å². The van der Waals surface area contributed by atoms with E-state index in [1.54, 1.807) is 0 Å². The molecule has 4 nitrogen and oxygen atoms in total. The first-order valence-corrected chi connectivity index (χ1v) is 5.00.